The van der Waals surface area contributed by atoms with Crippen LogP contribution in [0.4, 0.5) is 0 Å². The van der Waals surface area contributed by atoms with Gasteiger partial charge in [-0.3, -0.25) is 4.79 Å². The van der Waals surface area contributed by atoms with Gasteiger partial charge in [-0.15, -0.1) is 0 Å². The van der Waals surface area contributed by atoms with Crippen LogP contribution in [0.3, 0.4) is 0 Å². The SMILES string of the molecule is O=C(c1cccc2cccc(Br)c12)N1CC[C@H](CN2CCC(c3ccccc3)CC2)C1. The molecule has 2 heterocycles. The van der Waals surface area contributed by atoms with E-state index in [1.54, 1.807) is 0 Å². The van der Waals surface area contributed by atoms with Crippen LogP contribution in [0.25, 0.3) is 10.8 Å². The molecule has 160 valence electrons. The molecule has 2 fully saturated rings. The zero-order valence-corrected chi connectivity index (χ0v) is 19.4. The number of carbonyl (C=O) groups is 1. The van der Waals surface area contributed by atoms with E-state index in [2.05, 4.69) is 68.2 Å². The highest BCUT2D eigenvalue weighted by atomic mass is 79.9. The van der Waals surface area contributed by atoms with Crippen LogP contribution < -0.4 is 0 Å². The maximum Gasteiger partial charge on any atom is 0.254 e. The second-order valence-corrected chi connectivity index (χ2v) is 9.89. The van der Waals surface area contributed by atoms with E-state index in [4.69, 9.17) is 0 Å². The van der Waals surface area contributed by atoms with Gasteiger partial charge in [0.25, 0.3) is 5.91 Å². The summed E-state index contributed by atoms with van der Waals surface area (Å²) in [5, 5.41) is 2.14. The summed E-state index contributed by atoms with van der Waals surface area (Å²) >= 11 is 3.65. The van der Waals surface area contributed by atoms with Crippen molar-refractivity contribution in [3.8, 4) is 0 Å². The number of hydrogen-bond acceptors (Lipinski definition) is 2. The van der Waals surface area contributed by atoms with Crippen molar-refractivity contribution in [2.45, 2.75) is 25.2 Å². The average Bonchev–Trinajstić information content (AvgIpc) is 3.28. The summed E-state index contributed by atoms with van der Waals surface area (Å²) < 4.78 is 0.992. The lowest BCUT2D eigenvalue weighted by Gasteiger charge is -2.33. The van der Waals surface area contributed by atoms with Crippen LogP contribution >= 0.6 is 15.9 Å². The van der Waals surface area contributed by atoms with Gasteiger partial charge in [-0.2, -0.15) is 0 Å². The molecule has 4 heteroatoms. The summed E-state index contributed by atoms with van der Waals surface area (Å²) in [5.41, 5.74) is 2.30. The molecule has 2 aliphatic heterocycles. The average molecular weight is 477 g/mol. The normalized spacial score (nSPS) is 20.4. The number of hydrogen-bond donors (Lipinski definition) is 0. The summed E-state index contributed by atoms with van der Waals surface area (Å²) in [6.07, 6.45) is 3.59. The van der Waals surface area contributed by atoms with Crippen molar-refractivity contribution in [1.29, 1.82) is 0 Å². The highest BCUT2D eigenvalue weighted by Gasteiger charge is 2.30. The molecule has 0 spiro atoms. The molecule has 0 radical (unpaired) electrons. The Kier molecular flexibility index (Phi) is 6.10. The van der Waals surface area contributed by atoms with E-state index in [0.29, 0.717) is 11.8 Å². The Hall–Kier alpha value is -2.17. The van der Waals surface area contributed by atoms with Gasteiger partial charge in [0.15, 0.2) is 0 Å². The minimum Gasteiger partial charge on any atom is -0.338 e. The maximum atomic E-state index is 13.3. The third-order valence-corrected chi connectivity index (χ3v) is 7.69. The predicted molar refractivity (Wildman–Crippen MR) is 131 cm³/mol. The Balaban J connectivity index is 1.19. The molecule has 1 atom stereocenters. The van der Waals surface area contributed by atoms with Gasteiger partial charge in [0.2, 0.25) is 0 Å². The third-order valence-electron chi connectivity index (χ3n) is 7.03. The van der Waals surface area contributed by atoms with Crippen molar-refractivity contribution in [1.82, 2.24) is 9.80 Å². The lowest BCUT2D eigenvalue weighted by molar-refractivity contribution is 0.0784. The van der Waals surface area contributed by atoms with Crippen molar-refractivity contribution < 1.29 is 4.79 Å². The molecule has 0 aliphatic carbocycles. The number of piperidine rings is 1. The Bertz CT molecular complexity index is 1050. The van der Waals surface area contributed by atoms with Crippen molar-refractivity contribution >= 4 is 32.6 Å². The number of benzene rings is 3. The minimum atomic E-state index is 0.169. The first-order valence-electron chi connectivity index (χ1n) is 11.4. The molecular weight excluding hydrogens is 448 g/mol. The Morgan fingerprint density at radius 1 is 0.871 bits per heavy atom. The molecule has 3 aromatic carbocycles. The third kappa shape index (κ3) is 4.42. The van der Waals surface area contributed by atoms with Crippen LogP contribution in [0.2, 0.25) is 0 Å². The maximum absolute atomic E-state index is 13.3. The van der Waals surface area contributed by atoms with Crippen LogP contribution in [0.1, 0.15) is 41.1 Å². The largest absolute Gasteiger partial charge is 0.338 e. The van der Waals surface area contributed by atoms with Crippen LogP contribution in [0.5, 0.6) is 0 Å². The first-order chi connectivity index (χ1) is 15.2. The summed E-state index contributed by atoms with van der Waals surface area (Å²) in [7, 11) is 0. The number of fused-ring (bicyclic) bond motifs is 1. The first kappa shape index (κ1) is 20.7. The van der Waals surface area contributed by atoms with E-state index >= 15 is 0 Å². The summed E-state index contributed by atoms with van der Waals surface area (Å²) in [5.74, 6) is 1.45. The van der Waals surface area contributed by atoms with E-state index < -0.39 is 0 Å². The number of halogens is 1. The molecule has 2 saturated heterocycles. The van der Waals surface area contributed by atoms with Gasteiger partial charge in [-0.05, 0) is 67.3 Å². The molecule has 0 aromatic heterocycles. The standard InChI is InChI=1S/C27H29BrN2O/c28-25-11-5-9-23-8-4-10-24(26(23)25)27(31)30-17-12-20(19-30)18-29-15-13-22(14-16-29)21-6-2-1-3-7-21/h1-11,20,22H,12-19H2/t20-/m1/s1. The zero-order valence-electron chi connectivity index (χ0n) is 17.8. The molecule has 0 bridgehead atoms. The van der Waals surface area contributed by atoms with Gasteiger partial charge < -0.3 is 9.80 Å². The minimum absolute atomic E-state index is 0.169. The van der Waals surface area contributed by atoms with Crippen molar-refractivity contribution in [2.24, 2.45) is 5.92 Å². The predicted octanol–water partition coefficient (Wildman–Crippen LogP) is 5.94. The molecule has 5 rings (SSSR count). The van der Waals surface area contributed by atoms with Crippen LogP contribution in [0, 0.1) is 5.92 Å². The first-order valence-corrected chi connectivity index (χ1v) is 12.2. The smallest absolute Gasteiger partial charge is 0.254 e. The van der Waals surface area contributed by atoms with Gasteiger partial charge in [0.1, 0.15) is 0 Å². The lowest BCUT2D eigenvalue weighted by atomic mass is 9.89. The number of carbonyl (C=O) groups excluding carboxylic acids is 1. The quantitative estimate of drug-likeness (QED) is 0.464. The van der Waals surface area contributed by atoms with Crippen molar-refractivity contribution in [2.75, 3.05) is 32.7 Å². The van der Waals surface area contributed by atoms with Gasteiger partial charge in [0, 0.05) is 35.1 Å². The highest BCUT2D eigenvalue weighted by Crippen LogP contribution is 2.31. The summed E-state index contributed by atoms with van der Waals surface area (Å²) in [6.45, 7) is 5.19. The molecule has 3 nitrogen and oxygen atoms in total. The van der Waals surface area contributed by atoms with Crippen molar-refractivity contribution in [3.05, 3.63) is 82.3 Å². The number of rotatable bonds is 4. The topological polar surface area (TPSA) is 23.6 Å². The van der Waals surface area contributed by atoms with Crippen LogP contribution in [0.15, 0.2) is 71.2 Å². The molecule has 1 amide bonds. The lowest BCUT2D eigenvalue weighted by Crippen LogP contribution is -2.37. The fourth-order valence-corrected chi connectivity index (χ4v) is 5.94. The van der Waals surface area contributed by atoms with Gasteiger partial charge >= 0.3 is 0 Å². The molecule has 0 N–H and O–H groups in total. The molecule has 3 aromatic rings. The second-order valence-electron chi connectivity index (χ2n) is 9.03. The molecule has 31 heavy (non-hydrogen) atoms. The van der Waals surface area contributed by atoms with Crippen LogP contribution in [-0.2, 0) is 0 Å². The van der Waals surface area contributed by atoms with Crippen molar-refractivity contribution in [3.63, 3.8) is 0 Å². The Morgan fingerprint density at radius 2 is 1.61 bits per heavy atom. The summed E-state index contributed by atoms with van der Waals surface area (Å²) in [6, 6.07) is 23.1. The van der Waals surface area contributed by atoms with E-state index in [9.17, 15) is 4.79 Å². The van der Waals surface area contributed by atoms with E-state index in [1.807, 2.05) is 24.3 Å². The Morgan fingerprint density at radius 3 is 2.39 bits per heavy atom. The van der Waals surface area contributed by atoms with Gasteiger partial charge in [-0.25, -0.2) is 0 Å². The van der Waals surface area contributed by atoms with E-state index in [1.165, 1.54) is 31.5 Å². The van der Waals surface area contributed by atoms with E-state index in [-0.39, 0.29) is 5.91 Å². The molecule has 0 unspecified atom stereocenters. The monoisotopic (exact) mass is 476 g/mol. The number of nitrogens with zero attached hydrogens (tertiary/aromatic N) is 2. The summed E-state index contributed by atoms with van der Waals surface area (Å²) in [4.78, 5) is 18.0. The number of likely N-dealkylation sites (tertiary alicyclic amines) is 2. The van der Waals surface area contributed by atoms with Gasteiger partial charge in [0.05, 0.1) is 0 Å². The van der Waals surface area contributed by atoms with Gasteiger partial charge in [-0.1, -0.05) is 70.5 Å². The Labute approximate surface area is 193 Å². The zero-order chi connectivity index (χ0) is 21.2. The molecule has 2 aliphatic rings. The molecular formula is C27H29BrN2O. The van der Waals surface area contributed by atoms with E-state index in [0.717, 1.165) is 46.9 Å². The highest BCUT2D eigenvalue weighted by molar-refractivity contribution is 9.10. The number of amides is 1. The van der Waals surface area contributed by atoms with Crippen LogP contribution in [-0.4, -0.2) is 48.4 Å². The fraction of sp³-hybridized carbons (Fsp3) is 0.370. The second kappa shape index (κ2) is 9.13. The fourth-order valence-electron chi connectivity index (χ4n) is 5.35. The molecule has 0 saturated carbocycles.